The van der Waals surface area contributed by atoms with Crippen LogP contribution in [0, 0.1) is 5.82 Å². The summed E-state index contributed by atoms with van der Waals surface area (Å²) >= 11 is 0. The smallest absolute Gasteiger partial charge is 0.389 e. The highest BCUT2D eigenvalue weighted by molar-refractivity contribution is 6.18. The lowest BCUT2D eigenvalue weighted by molar-refractivity contribution is -0.679. The normalized spacial score (nSPS) is 19.3. The van der Waals surface area contributed by atoms with Crippen molar-refractivity contribution in [3.8, 4) is 0 Å². The third-order valence-corrected chi connectivity index (χ3v) is 4.77. The van der Waals surface area contributed by atoms with Gasteiger partial charge in [0.05, 0.1) is 6.54 Å². The molecule has 1 atom stereocenters. The first-order valence-corrected chi connectivity index (χ1v) is 8.64. The van der Waals surface area contributed by atoms with Gasteiger partial charge in [0.25, 0.3) is 17.8 Å². The number of urea groups is 1. The maximum absolute atomic E-state index is 13.1. The van der Waals surface area contributed by atoms with E-state index in [4.69, 9.17) is 4.42 Å². The molecule has 27 heavy (non-hydrogen) atoms. The van der Waals surface area contributed by atoms with E-state index in [-0.39, 0.29) is 23.7 Å². The number of nitrogens with zero attached hydrogens (tertiary/aromatic N) is 4. The average Bonchev–Trinajstić information content (AvgIpc) is 3.16. The Balaban J connectivity index is 1.70. The number of aliphatic imine (C=N–C) groups is 1. The zero-order valence-corrected chi connectivity index (χ0v) is 15.6. The molecular formula is C19H20FN4O3+. The van der Waals surface area contributed by atoms with Gasteiger partial charge in [0.2, 0.25) is 0 Å². The average molecular weight is 371 g/mol. The predicted molar refractivity (Wildman–Crippen MR) is 93.8 cm³/mol. The molecule has 1 fully saturated rings. The molecule has 2 aliphatic heterocycles. The zero-order valence-electron chi connectivity index (χ0n) is 15.6. The maximum Gasteiger partial charge on any atom is 0.506 e. The Bertz CT molecular complexity index is 972. The van der Waals surface area contributed by atoms with Gasteiger partial charge in [-0.2, -0.15) is 4.57 Å². The van der Waals surface area contributed by atoms with Crippen molar-refractivity contribution in [1.82, 2.24) is 9.80 Å². The number of amides is 3. The first kappa shape index (κ1) is 17.4. The van der Waals surface area contributed by atoms with E-state index in [0.717, 1.165) is 4.90 Å². The van der Waals surface area contributed by atoms with Crippen molar-refractivity contribution in [3.63, 3.8) is 0 Å². The van der Waals surface area contributed by atoms with Crippen LogP contribution in [0.1, 0.15) is 38.1 Å². The van der Waals surface area contributed by atoms with Crippen molar-refractivity contribution < 1.29 is 23.0 Å². The summed E-state index contributed by atoms with van der Waals surface area (Å²) in [5.74, 6) is 0.300. The van der Waals surface area contributed by atoms with Crippen LogP contribution in [0.3, 0.4) is 0 Å². The molecule has 0 bridgehead atoms. The lowest BCUT2D eigenvalue weighted by Crippen LogP contribution is -2.62. The fraction of sp³-hybridized carbons (Fsp3) is 0.368. The largest absolute Gasteiger partial charge is 0.506 e. The van der Waals surface area contributed by atoms with Gasteiger partial charge in [-0.05, 0) is 17.7 Å². The molecule has 4 rings (SSSR count). The maximum atomic E-state index is 13.1. The van der Waals surface area contributed by atoms with Gasteiger partial charge in [-0.3, -0.25) is 14.6 Å². The van der Waals surface area contributed by atoms with Gasteiger partial charge in [-0.15, -0.1) is 0 Å². The molecule has 0 aliphatic carbocycles. The summed E-state index contributed by atoms with van der Waals surface area (Å²) in [6, 6.07) is 4.81. The fourth-order valence-electron chi connectivity index (χ4n) is 3.18. The van der Waals surface area contributed by atoms with E-state index in [2.05, 4.69) is 4.99 Å². The van der Waals surface area contributed by atoms with E-state index in [1.807, 2.05) is 20.8 Å². The molecular weight excluding hydrogens is 351 g/mol. The van der Waals surface area contributed by atoms with Gasteiger partial charge in [0.15, 0.2) is 5.76 Å². The van der Waals surface area contributed by atoms with Gasteiger partial charge in [0.1, 0.15) is 12.0 Å². The minimum absolute atomic E-state index is 0.0614. The molecule has 1 saturated heterocycles. The Hall–Kier alpha value is -3.03. The fourth-order valence-corrected chi connectivity index (χ4v) is 3.18. The van der Waals surface area contributed by atoms with Crippen LogP contribution in [0.4, 0.5) is 15.2 Å². The second-order valence-corrected chi connectivity index (χ2v) is 7.80. The molecule has 2 aromatic rings. The zero-order chi connectivity index (χ0) is 19.5. The summed E-state index contributed by atoms with van der Waals surface area (Å²) in [7, 11) is 1.58. The molecule has 1 aromatic heterocycles. The molecule has 1 unspecified atom stereocenters. The topological polar surface area (TPSA) is 70.0 Å². The highest BCUT2D eigenvalue weighted by Crippen LogP contribution is 2.33. The van der Waals surface area contributed by atoms with E-state index in [9.17, 15) is 14.0 Å². The van der Waals surface area contributed by atoms with E-state index in [1.54, 1.807) is 29.9 Å². The highest BCUT2D eigenvalue weighted by Gasteiger charge is 2.55. The van der Waals surface area contributed by atoms with E-state index < -0.39 is 12.1 Å². The SMILES string of the molecule is CN1C(=O)N(Cc2ccc(F)cc2)C(=O)C2C1=Nc1oc(C(C)(C)C)c[n+]12. The van der Waals surface area contributed by atoms with Crippen LogP contribution in [0.5, 0.6) is 0 Å². The molecule has 2 aliphatic rings. The third-order valence-electron chi connectivity index (χ3n) is 4.77. The van der Waals surface area contributed by atoms with Crippen molar-refractivity contribution >= 4 is 23.8 Å². The van der Waals surface area contributed by atoms with Gasteiger partial charge in [0, 0.05) is 17.5 Å². The number of benzene rings is 1. The number of rotatable bonds is 2. The molecule has 8 heteroatoms. The quantitative estimate of drug-likeness (QED) is 0.762. The number of aromatic nitrogens is 1. The lowest BCUT2D eigenvalue weighted by Gasteiger charge is -2.32. The Morgan fingerprint density at radius 3 is 2.52 bits per heavy atom. The second-order valence-electron chi connectivity index (χ2n) is 7.80. The van der Waals surface area contributed by atoms with Gasteiger partial charge < -0.3 is 4.42 Å². The number of carbonyl (C=O) groups is 2. The molecule has 140 valence electrons. The first-order valence-electron chi connectivity index (χ1n) is 8.64. The monoisotopic (exact) mass is 371 g/mol. The Kier molecular flexibility index (Phi) is 3.69. The minimum Gasteiger partial charge on any atom is -0.389 e. The van der Waals surface area contributed by atoms with Crippen molar-refractivity contribution in [2.75, 3.05) is 7.05 Å². The van der Waals surface area contributed by atoms with E-state index in [1.165, 1.54) is 17.0 Å². The van der Waals surface area contributed by atoms with Crippen LogP contribution >= 0.6 is 0 Å². The third kappa shape index (κ3) is 2.72. The van der Waals surface area contributed by atoms with Crippen molar-refractivity contribution in [3.05, 3.63) is 47.6 Å². The molecule has 3 heterocycles. The number of imide groups is 1. The van der Waals surface area contributed by atoms with Crippen LogP contribution < -0.4 is 4.57 Å². The van der Waals surface area contributed by atoms with Gasteiger partial charge in [-0.1, -0.05) is 32.9 Å². The number of oxazole rings is 1. The minimum atomic E-state index is -0.747. The van der Waals surface area contributed by atoms with Gasteiger partial charge >= 0.3 is 12.0 Å². The molecule has 0 radical (unpaired) electrons. The number of hydrogen-bond donors (Lipinski definition) is 0. The molecule has 0 N–H and O–H groups in total. The number of fused-ring (bicyclic) bond motifs is 3. The van der Waals surface area contributed by atoms with Crippen LogP contribution in [0.15, 0.2) is 39.9 Å². The summed E-state index contributed by atoms with van der Waals surface area (Å²) in [6.07, 6.45) is 1.77. The van der Waals surface area contributed by atoms with Crippen molar-refractivity contribution in [2.45, 2.75) is 38.8 Å². The predicted octanol–water partition coefficient (Wildman–Crippen LogP) is 2.68. The number of amidine groups is 1. The first-order chi connectivity index (χ1) is 12.7. The van der Waals surface area contributed by atoms with Crippen LogP contribution in [0.2, 0.25) is 0 Å². The van der Waals surface area contributed by atoms with Crippen molar-refractivity contribution in [2.24, 2.45) is 4.99 Å². The number of hydrogen-bond acceptors (Lipinski definition) is 4. The lowest BCUT2D eigenvalue weighted by atomic mass is 9.94. The Morgan fingerprint density at radius 1 is 1.22 bits per heavy atom. The number of halogens is 1. The summed E-state index contributed by atoms with van der Waals surface area (Å²) in [5, 5.41) is 0. The van der Waals surface area contributed by atoms with Crippen LogP contribution in [-0.4, -0.2) is 34.6 Å². The number of likely N-dealkylation sites (N-methyl/N-ethyl adjacent to an activating group) is 1. The van der Waals surface area contributed by atoms with E-state index >= 15 is 0 Å². The van der Waals surface area contributed by atoms with Crippen LogP contribution in [0.25, 0.3) is 0 Å². The molecule has 7 nitrogen and oxygen atoms in total. The van der Waals surface area contributed by atoms with Crippen molar-refractivity contribution in [1.29, 1.82) is 0 Å². The summed E-state index contributed by atoms with van der Waals surface area (Å²) in [4.78, 5) is 32.7. The second kappa shape index (κ2) is 5.73. The van der Waals surface area contributed by atoms with E-state index in [0.29, 0.717) is 23.2 Å². The summed E-state index contributed by atoms with van der Waals surface area (Å²) in [5.41, 5.74) is 0.429. The molecule has 1 aromatic carbocycles. The summed E-state index contributed by atoms with van der Waals surface area (Å²) in [6.45, 7) is 6.08. The highest BCUT2D eigenvalue weighted by atomic mass is 19.1. The molecule has 3 amide bonds. The van der Waals surface area contributed by atoms with Crippen LogP contribution in [-0.2, 0) is 16.8 Å². The van der Waals surface area contributed by atoms with Gasteiger partial charge in [-0.25, -0.2) is 9.18 Å². The Morgan fingerprint density at radius 2 is 1.89 bits per heavy atom. The Labute approximate surface area is 155 Å². The summed E-state index contributed by atoms with van der Waals surface area (Å²) < 4.78 is 20.6. The standard InChI is InChI=1S/C19H20FN4O3/c1-19(2,3)13-10-23-14-15(21-17(23)27-13)22(4)18(26)24(16(14)25)9-11-5-7-12(20)8-6-11/h5-8,10,14H,9H2,1-4H3/q+1. The molecule has 0 saturated carbocycles. The number of carbonyl (C=O) groups excluding carboxylic acids is 2. The molecule has 0 spiro atoms.